The van der Waals surface area contributed by atoms with Crippen LogP contribution in [-0.4, -0.2) is 70.6 Å². The molecule has 1 saturated heterocycles. The van der Waals surface area contributed by atoms with Crippen LogP contribution >= 0.6 is 0 Å². The predicted octanol–water partition coefficient (Wildman–Crippen LogP) is 2.24. The number of nitrogens with one attached hydrogen (secondary N) is 1. The predicted molar refractivity (Wildman–Crippen MR) is 139 cm³/mol. The number of hydrogen-bond acceptors (Lipinski definition) is 6. The van der Waals surface area contributed by atoms with Gasteiger partial charge in [-0.3, -0.25) is 9.79 Å². The number of hydrogen-bond donors (Lipinski definition) is 3. The second kappa shape index (κ2) is 10.1. The molecule has 1 aromatic heterocycles. The number of aliphatic hydroxyl groups is 2. The van der Waals surface area contributed by atoms with E-state index in [1.807, 2.05) is 35.0 Å². The van der Waals surface area contributed by atoms with Crippen molar-refractivity contribution < 1.29 is 23.4 Å². The lowest BCUT2D eigenvalue weighted by Crippen LogP contribution is -2.50. The first-order valence-corrected chi connectivity index (χ1v) is 14.3. The van der Waals surface area contributed by atoms with Crippen LogP contribution in [0.3, 0.4) is 0 Å². The van der Waals surface area contributed by atoms with Gasteiger partial charge in [0.2, 0.25) is 10.0 Å². The van der Waals surface area contributed by atoms with E-state index in [0.717, 1.165) is 48.0 Å². The summed E-state index contributed by atoms with van der Waals surface area (Å²) < 4.78 is 29.3. The van der Waals surface area contributed by atoms with Gasteiger partial charge in [-0.2, -0.15) is 4.31 Å². The standard InChI is InChI=1S/C26H34N4O5S/c31-18-22(32)17-29-12-8-21-16-19(6-7-23(21)29)9-15-36(34,35)30-13-10-26(11-14-30)25(33)27-24(28-26)20-4-2-1-3-5-20/h6-9,12,15-16,20,22,31-32H,1-5,10-11,13-14,17-18H2,(H,27,28,33)/t22-/m0/s1. The summed E-state index contributed by atoms with van der Waals surface area (Å²) >= 11 is 0. The van der Waals surface area contributed by atoms with Gasteiger partial charge in [0, 0.05) is 41.5 Å². The van der Waals surface area contributed by atoms with Gasteiger partial charge in [0.1, 0.15) is 11.4 Å². The van der Waals surface area contributed by atoms with Gasteiger partial charge in [-0.05, 0) is 55.5 Å². The van der Waals surface area contributed by atoms with Gasteiger partial charge in [0.05, 0.1) is 19.3 Å². The third-order valence-electron chi connectivity index (χ3n) is 7.75. The Kier molecular flexibility index (Phi) is 7.04. The molecule has 5 rings (SSSR count). The molecule has 2 aliphatic heterocycles. The fourth-order valence-corrected chi connectivity index (χ4v) is 6.77. The minimum Gasteiger partial charge on any atom is -0.394 e. The summed E-state index contributed by atoms with van der Waals surface area (Å²) in [6.07, 6.45) is 9.03. The van der Waals surface area contributed by atoms with Crippen molar-refractivity contribution in [1.29, 1.82) is 0 Å². The third kappa shape index (κ3) is 5.00. The molecule has 1 atom stereocenters. The molecule has 2 aromatic rings. The fraction of sp³-hybridized carbons (Fsp3) is 0.538. The van der Waals surface area contributed by atoms with Crippen LogP contribution in [0.1, 0.15) is 50.5 Å². The van der Waals surface area contributed by atoms with E-state index in [1.165, 1.54) is 16.1 Å². The summed E-state index contributed by atoms with van der Waals surface area (Å²) in [6.45, 7) is 0.492. The van der Waals surface area contributed by atoms with Crippen molar-refractivity contribution in [3.63, 3.8) is 0 Å². The summed E-state index contributed by atoms with van der Waals surface area (Å²) in [5.41, 5.74) is 0.813. The van der Waals surface area contributed by atoms with Crippen molar-refractivity contribution >= 4 is 38.7 Å². The minimum atomic E-state index is -3.64. The van der Waals surface area contributed by atoms with Gasteiger partial charge in [-0.1, -0.05) is 25.3 Å². The SMILES string of the molecule is O=C1NC(C2CCCCC2)=NC12CCN(S(=O)(=O)C=Cc1ccc3c(ccn3C[C@H](O)CO)c1)CC2. The monoisotopic (exact) mass is 514 g/mol. The number of nitrogens with zero attached hydrogens (tertiary/aromatic N) is 3. The molecule has 1 amide bonds. The summed E-state index contributed by atoms with van der Waals surface area (Å²) in [4.78, 5) is 17.7. The Morgan fingerprint density at radius 2 is 1.92 bits per heavy atom. The van der Waals surface area contributed by atoms with E-state index in [-0.39, 0.29) is 32.1 Å². The number of aliphatic imine (C=N–C) groups is 1. The number of amidine groups is 1. The molecular formula is C26H34N4O5S. The maximum atomic E-state index is 13.0. The molecule has 9 nitrogen and oxygen atoms in total. The van der Waals surface area contributed by atoms with Crippen molar-refractivity contribution in [2.45, 2.75) is 63.1 Å². The lowest BCUT2D eigenvalue weighted by molar-refractivity contribution is -0.125. The first-order valence-electron chi connectivity index (χ1n) is 12.8. The average Bonchev–Trinajstić information content (AvgIpc) is 3.43. The van der Waals surface area contributed by atoms with Crippen LogP contribution in [0.5, 0.6) is 0 Å². The molecule has 194 valence electrons. The topological polar surface area (TPSA) is 124 Å². The highest BCUT2D eigenvalue weighted by Gasteiger charge is 2.48. The number of piperidine rings is 1. The molecular weight excluding hydrogens is 480 g/mol. The fourth-order valence-electron chi connectivity index (χ4n) is 5.58. The summed E-state index contributed by atoms with van der Waals surface area (Å²) in [7, 11) is -3.64. The maximum Gasteiger partial charge on any atom is 0.253 e. The quantitative estimate of drug-likeness (QED) is 0.523. The van der Waals surface area contributed by atoms with Crippen LogP contribution in [0.25, 0.3) is 17.0 Å². The second-order valence-electron chi connectivity index (χ2n) is 10.2. The number of rotatable bonds is 7. The van der Waals surface area contributed by atoms with Crippen LogP contribution < -0.4 is 5.32 Å². The molecule has 3 aliphatic rings. The minimum absolute atomic E-state index is 0.0811. The van der Waals surface area contributed by atoms with E-state index >= 15 is 0 Å². The van der Waals surface area contributed by atoms with Gasteiger partial charge in [-0.25, -0.2) is 8.42 Å². The van der Waals surface area contributed by atoms with Crippen molar-refractivity contribution in [2.75, 3.05) is 19.7 Å². The summed E-state index contributed by atoms with van der Waals surface area (Å²) in [6, 6.07) is 7.48. The first-order chi connectivity index (χ1) is 17.3. The molecule has 0 radical (unpaired) electrons. The van der Waals surface area contributed by atoms with E-state index in [1.54, 1.807) is 6.08 Å². The molecule has 1 aromatic carbocycles. The maximum absolute atomic E-state index is 13.0. The Bertz CT molecular complexity index is 1280. The van der Waals surface area contributed by atoms with E-state index in [2.05, 4.69) is 5.32 Å². The summed E-state index contributed by atoms with van der Waals surface area (Å²) in [5.74, 6) is 1.05. The van der Waals surface area contributed by atoms with E-state index in [4.69, 9.17) is 10.1 Å². The zero-order valence-corrected chi connectivity index (χ0v) is 21.2. The lowest BCUT2D eigenvalue weighted by atomic mass is 9.88. The Morgan fingerprint density at radius 1 is 1.17 bits per heavy atom. The van der Waals surface area contributed by atoms with Crippen molar-refractivity contribution in [3.8, 4) is 0 Å². The Balaban J connectivity index is 1.24. The normalized spacial score (nSPS) is 22.4. The molecule has 1 spiro atoms. The van der Waals surface area contributed by atoms with Crippen LogP contribution in [-0.2, 0) is 21.4 Å². The number of carbonyl (C=O) groups excluding carboxylic acids is 1. The van der Waals surface area contributed by atoms with Crippen LogP contribution in [0.2, 0.25) is 0 Å². The van der Waals surface area contributed by atoms with Crippen LogP contribution in [0, 0.1) is 5.92 Å². The number of benzene rings is 1. The van der Waals surface area contributed by atoms with Gasteiger partial charge >= 0.3 is 0 Å². The number of fused-ring (bicyclic) bond motifs is 1. The largest absolute Gasteiger partial charge is 0.394 e. The Labute approximate surface area is 211 Å². The number of sulfonamides is 1. The van der Waals surface area contributed by atoms with E-state index in [9.17, 15) is 18.3 Å². The van der Waals surface area contributed by atoms with Crippen molar-refractivity contribution in [2.24, 2.45) is 10.9 Å². The van der Waals surface area contributed by atoms with Crippen LogP contribution in [0.15, 0.2) is 40.9 Å². The average molecular weight is 515 g/mol. The molecule has 3 N–H and O–H groups in total. The lowest BCUT2D eigenvalue weighted by Gasteiger charge is -2.34. The van der Waals surface area contributed by atoms with Gasteiger partial charge in [0.25, 0.3) is 5.91 Å². The van der Waals surface area contributed by atoms with Gasteiger partial charge < -0.3 is 20.1 Å². The smallest absolute Gasteiger partial charge is 0.253 e. The van der Waals surface area contributed by atoms with E-state index in [0.29, 0.717) is 18.8 Å². The number of aliphatic hydroxyl groups excluding tert-OH is 2. The highest BCUT2D eigenvalue weighted by atomic mass is 32.2. The van der Waals surface area contributed by atoms with E-state index < -0.39 is 21.7 Å². The van der Waals surface area contributed by atoms with Crippen molar-refractivity contribution in [1.82, 2.24) is 14.2 Å². The number of aromatic nitrogens is 1. The number of amides is 1. The summed E-state index contributed by atoms with van der Waals surface area (Å²) in [5, 5.41) is 24.0. The van der Waals surface area contributed by atoms with Crippen LogP contribution in [0.4, 0.5) is 0 Å². The van der Waals surface area contributed by atoms with Gasteiger partial charge in [-0.15, -0.1) is 0 Å². The second-order valence-corrected chi connectivity index (χ2v) is 12.0. The Hall–Kier alpha value is -2.53. The number of carbonyl (C=O) groups is 1. The molecule has 2 fully saturated rings. The van der Waals surface area contributed by atoms with Crippen molar-refractivity contribution in [3.05, 3.63) is 41.4 Å². The molecule has 10 heteroatoms. The first kappa shape index (κ1) is 25.1. The molecule has 0 bridgehead atoms. The zero-order chi connectivity index (χ0) is 25.3. The molecule has 0 unspecified atom stereocenters. The zero-order valence-electron chi connectivity index (χ0n) is 20.3. The highest BCUT2D eigenvalue weighted by Crippen LogP contribution is 2.35. The molecule has 3 heterocycles. The highest BCUT2D eigenvalue weighted by molar-refractivity contribution is 7.92. The Morgan fingerprint density at radius 3 is 2.64 bits per heavy atom. The molecule has 36 heavy (non-hydrogen) atoms. The third-order valence-corrected chi connectivity index (χ3v) is 9.31. The molecule has 1 saturated carbocycles. The van der Waals surface area contributed by atoms with Gasteiger partial charge in [0.15, 0.2) is 0 Å². The molecule has 1 aliphatic carbocycles.